The summed E-state index contributed by atoms with van der Waals surface area (Å²) in [4.78, 5) is 12.7. The minimum Gasteiger partial charge on any atom is -0.303 e. The number of nitrogens with zero attached hydrogens (tertiary/aromatic N) is 3. The fourth-order valence-electron chi connectivity index (χ4n) is 1.71. The number of hydrogen-bond donors (Lipinski definition) is 1. The Morgan fingerprint density at radius 3 is 3.11 bits per heavy atom. The predicted molar refractivity (Wildman–Crippen MR) is 75.6 cm³/mol. The maximum absolute atomic E-state index is 12.1. The van der Waals surface area contributed by atoms with Crippen LogP contribution in [0.15, 0.2) is 23.7 Å². The number of aryl methyl sites for hydroxylation is 1. The van der Waals surface area contributed by atoms with Crippen LogP contribution in [0, 0.1) is 11.3 Å². The van der Waals surface area contributed by atoms with Crippen LogP contribution in [0.5, 0.6) is 0 Å². The van der Waals surface area contributed by atoms with Gasteiger partial charge < -0.3 is 5.32 Å². The van der Waals surface area contributed by atoms with Gasteiger partial charge in [-0.2, -0.15) is 10.4 Å². The number of amides is 1. The van der Waals surface area contributed by atoms with Gasteiger partial charge in [-0.3, -0.25) is 9.48 Å². The van der Waals surface area contributed by atoms with Crippen molar-refractivity contribution >= 4 is 43.8 Å². The Morgan fingerprint density at radius 2 is 2.37 bits per heavy atom. The number of fused-ring (bicyclic) bond motifs is 1. The van der Waals surface area contributed by atoms with Crippen molar-refractivity contribution in [1.82, 2.24) is 9.78 Å². The molecule has 1 N–H and O–H groups in total. The van der Waals surface area contributed by atoms with Crippen LogP contribution in [-0.2, 0) is 7.05 Å². The molecule has 0 bridgehead atoms. The number of nitrogens with one attached hydrogen (secondary N) is 1. The fraction of sp³-hybridized carbons (Fsp3) is 0.0833. The van der Waals surface area contributed by atoms with Crippen LogP contribution < -0.4 is 5.32 Å². The highest BCUT2D eigenvalue weighted by atomic mass is 32.1. The summed E-state index contributed by atoms with van der Waals surface area (Å²) in [5.41, 5.74) is 0.356. The van der Waals surface area contributed by atoms with E-state index in [0.717, 1.165) is 9.40 Å². The van der Waals surface area contributed by atoms with Crippen LogP contribution in [0.1, 0.15) is 15.2 Å². The van der Waals surface area contributed by atoms with Crippen LogP contribution in [0.2, 0.25) is 0 Å². The average molecular weight is 288 g/mol. The van der Waals surface area contributed by atoms with E-state index in [1.54, 1.807) is 24.6 Å². The van der Waals surface area contributed by atoms with Crippen LogP contribution in [0.3, 0.4) is 0 Å². The third-order valence-corrected chi connectivity index (χ3v) is 4.64. The summed E-state index contributed by atoms with van der Waals surface area (Å²) < 4.78 is 3.69. The molecule has 94 valence electrons. The van der Waals surface area contributed by atoms with Gasteiger partial charge >= 0.3 is 0 Å². The van der Waals surface area contributed by atoms with Gasteiger partial charge in [0.2, 0.25) is 0 Å². The first kappa shape index (κ1) is 11.9. The van der Waals surface area contributed by atoms with Crippen molar-refractivity contribution in [2.24, 2.45) is 7.05 Å². The Hall–Kier alpha value is -2.17. The molecule has 3 rings (SSSR count). The van der Waals surface area contributed by atoms with Crippen LogP contribution >= 0.6 is 22.7 Å². The highest BCUT2D eigenvalue weighted by molar-refractivity contribution is 7.27. The number of anilines is 1. The average Bonchev–Trinajstić information content (AvgIpc) is 3.02. The van der Waals surface area contributed by atoms with E-state index in [0.29, 0.717) is 16.3 Å². The van der Waals surface area contributed by atoms with Gasteiger partial charge in [0.25, 0.3) is 5.91 Å². The SMILES string of the molecule is Cn1cc(C#N)c(NC(=O)c2cc3sccc3s2)n1. The Labute approximate surface area is 116 Å². The van der Waals surface area contributed by atoms with E-state index < -0.39 is 0 Å². The molecule has 0 saturated carbocycles. The second-order valence-electron chi connectivity index (χ2n) is 3.89. The zero-order chi connectivity index (χ0) is 13.4. The zero-order valence-corrected chi connectivity index (χ0v) is 11.5. The molecule has 0 aliphatic rings. The summed E-state index contributed by atoms with van der Waals surface area (Å²) in [5, 5.41) is 17.7. The molecule has 0 radical (unpaired) electrons. The first-order valence-electron chi connectivity index (χ1n) is 5.39. The third-order valence-electron chi connectivity index (χ3n) is 2.54. The molecule has 5 nitrogen and oxygen atoms in total. The summed E-state index contributed by atoms with van der Waals surface area (Å²) in [7, 11) is 1.71. The van der Waals surface area contributed by atoms with Crippen molar-refractivity contribution in [3.8, 4) is 6.07 Å². The van der Waals surface area contributed by atoms with Crippen molar-refractivity contribution in [2.45, 2.75) is 0 Å². The highest BCUT2D eigenvalue weighted by Gasteiger charge is 2.15. The Bertz CT molecular complexity index is 777. The van der Waals surface area contributed by atoms with Gasteiger partial charge in [-0.15, -0.1) is 22.7 Å². The minimum atomic E-state index is -0.233. The largest absolute Gasteiger partial charge is 0.303 e. The van der Waals surface area contributed by atoms with Crippen molar-refractivity contribution in [3.63, 3.8) is 0 Å². The molecule has 0 aliphatic carbocycles. The number of nitriles is 1. The van der Waals surface area contributed by atoms with Gasteiger partial charge in [0.05, 0.1) is 4.88 Å². The zero-order valence-electron chi connectivity index (χ0n) is 9.88. The van der Waals surface area contributed by atoms with Gasteiger partial charge in [0.1, 0.15) is 11.6 Å². The lowest BCUT2D eigenvalue weighted by molar-refractivity contribution is 0.103. The van der Waals surface area contributed by atoms with Gasteiger partial charge in [-0.1, -0.05) is 0 Å². The number of thiophene rings is 2. The molecule has 0 fully saturated rings. The van der Waals surface area contributed by atoms with Gasteiger partial charge in [-0.05, 0) is 17.5 Å². The van der Waals surface area contributed by atoms with Crippen LogP contribution in [0.4, 0.5) is 5.82 Å². The summed E-state index contributed by atoms with van der Waals surface area (Å²) in [6.45, 7) is 0. The van der Waals surface area contributed by atoms with E-state index in [9.17, 15) is 4.79 Å². The summed E-state index contributed by atoms with van der Waals surface area (Å²) in [6.07, 6.45) is 1.57. The molecule has 3 heterocycles. The number of carbonyl (C=O) groups excluding carboxylic acids is 1. The van der Waals surface area contributed by atoms with Crippen molar-refractivity contribution in [2.75, 3.05) is 5.32 Å². The molecule has 0 spiro atoms. The summed E-state index contributed by atoms with van der Waals surface area (Å²) in [6, 6.07) is 5.85. The molecule has 19 heavy (non-hydrogen) atoms. The number of carbonyl (C=O) groups is 1. The van der Waals surface area contributed by atoms with Gasteiger partial charge in [0.15, 0.2) is 5.82 Å². The summed E-state index contributed by atoms with van der Waals surface area (Å²) >= 11 is 3.03. The topological polar surface area (TPSA) is 70.7 Å². The standard InChI is InChI=1S/C12H8N4OS2/c1-16-6-7(5-13)11(15-16)14-12(17)10-4-9-8(19-10)2-3-18-9/h2-4,6H,1H3,(H,14,15,17). The molecule has 3 aromatic rings. The molecule has 0 aromatic carbocycles. The van der Waals surface area contributed by atoms with E-state index in [4.69, 9.17) is 5.26 Å². The molecule has 0 atom stereocenters. The molecule has 1 amide bonds. The Kier molecular flexibility index (Phi) is 2.81. The van der Waals surface area contributed by atoms with E-state index in [-0.39, 0.29) is 5.91 Å². The molecule has 0 unspecified atom stereocenters. The second kappa shape index (κ2) is 4.50. The van der Waals surface area contributed by atoms with E-state index >= 15 is 0 Å². The van der Waals surface area contributed by atoms with E-state index in [1.165, 1.54) is 16.0 Å². The highest BCUT2D eigenvalue weighted by Crippen LogP contribution is 2.30. The molecule has 3 aromatic heterocycles. The first-order valence-corrected chi connectivity index (χ1v) is 7.09. The maximum Gasteiger partial charge on any atom is 0.267 e. The summed E-state index contributed by atoms with van der Waals surface area (Å²) in [5.74, 6) is 0.0651. The van der Waals surface area contributed by atoms with Crippen molar-refractivity contribution < 1.29 is 4.79 Å². The lowest BCUT2D eigenvalue weighted by atomic mass is 10.3. The third kappa shape index (κ3) is 2.12. The molecular weight excluding hydrogens is 280 g/mol. The quantitative estimate of drug-likeness (QED) is 0.788. The van der Waals surface area contributed by atoms with E-state index in [1.807, 2.05) is 23.6 Å². The molecule has 0 saturated heterocycles. The van der Waals surface area contributed by atoms with Crippen LogP contribution in [0.25, 0.3) is 9.40 Å². The second-order valence-corrected chi connectivity index (χ2v) is 5.92. The fourth-order valence-corrected chi connectivity index (χ4v) is 3.71. The predicted octanol–water partition coefficient (Wildman–Crippen LogP) is 2.82. The van der Waals surface area contributed by atoms with E-state index in [2.05, 4.69) is 10.4 Å². The number of hydrogen-bond acceptors (Lipinski definition) is 5. The minimum absolute atomic E-state index is 0.233. The monoisotopic (exact) mass is 288 g/mol. The Balaban J connectivity index is 1.89. The van der Waals surface area contributed by atoms with Crippen molar-refractivity contribution in [1.29, 1.82) is 5.26 Å². The number of rotatable bonds is 2. The molecule has 0 aliphatic heterocycles. The molecular formula is C12H8N4OS2. The number of aromatic nitrogens is 2. The molecule has 7 heteroatoms. The van der Waals surface area contributed by atoms with Crippen LogP contribution in [-0.4, -0.2) is 15.7 Å². The normalized spacial score (nSPS) is 10.5. The van der Waals surface area contributed by atoms with Crippen molar-refractivity contribution in [3.05, 3.63) is 34.2 Å². The van der Waals surface area contributed by atoms with Gasteiger partial charge in [0, 0.05) is 22.6 Å². The smallest absolute Gasteiger partial charge is 0.267 e. The lowest BCUT2D eigenvalue weighted by Crippen LogP contribution is -2.11. The first-order chi connectivity index (χ1) is 9.17. The Morgan fingerprint density at radius 1 is 1.53 bits per heavy atom. The maximum atomic E-state index is 12.1. The lowest BCUT2D eigenvalue weighted by Gasteiger charge is -1.99. The van der Waals surface area contributed by atoms with Gasteiger partial charge in [-0.25, -0.2) is 0 Å².